The molecule has 47 heavy (non-hydrogen) atoms. The summed E-state index contributed by atoms with van der Waals surface area (Å²) < 4.78 is 43.9. The van der Waals surface area contributed by atoms with E-state index in [4.69, 9.17) is 0 Å². The smallest absolute Gasteiger partial charge is 0.339 e. The summed E-state index contributed by atoms with van der Waals surface area (Å²) in [5.41, 5.74) is 0.638. The molecule has 1 saturated heterocycles. The van der Waals surface area contributed by atoms with E-state index in [2.05, 4.69) is 34.3 Å². The van der Waals surface area contributed by atoms with Crippen LogP contribution in [0, 0.1) is 17.7 Å². The number of nitrogens with zero attached hydrogens (tertiary/aromatic N) is 5. The standard InChI is InChI=1S/C33H48FN7O5S/c1-7-41-28(15-16-35-41)31(42)37-29(24-11-9-22(3)10-12-24)32(43)36-27-14-13-25(21-26(27)34)23(4)30(39(6)47(45,46)8-2)33(44)40-19-17-38(5)18-20-40/h13-16,21-24,29-30H,6-12,17-20H2,1-5H3,(H-,36,37,42,43)/p+1/t22-,23-,24-,29-,30+/m0/s1. The van der Waals surface area contributed by atoms with Gasteiger partial charge in [0, 0.05) is 38.9 Å². The van der Waals surface area contributed by atoms with Crippen molar-refractivity contribution in [1.29, 1.82) is 0 Å². The molecular formula is C33H49FN7O5S+. The van der Waals surface area contributed by atoms with Crippen molar-refractivity contribution in [3.8, 4) is 0 Å². The molecule has 2 aromatic rings. The van der Waals surface area contributed by atoms with Crippen molar-refractivity contribution in [3.05, 3.63) is 47.5 Å². The molecule has 14 heteroatoms. The number of piperazine rings is 1. The zero-order valence-electron chi connectivity index (χ0n) is 28.1. The Labute approximate surface area is 277 Å². The molecule has 0 spiro atoms. The van der Waals surface area contributed by atoms with Gasteiger partial charge in [-0.1, -0.05) is 32.8 Å². The van der Waals surface area contributed by atoms with E-state index in [0.717, 1.165) is 29.7 Å². The summed E-state index contributed by atoms with van der Waals surface area (Å²) in [6, 6.07) is 3.72. The minimum absolute atomic E-state index is 0.0809. The van der Waals surface area contributed by atoms with Crippen molar-refractivity contribution in [3.63, 3.8) is 0 Å². The normalized spacial score (nSPS) is 21.0. The third-order valence-electron chi connectivity index (χ3n) is 9.70. The number of amides is 3. The summed E-state index contributed by atoms with van der Waals surface area (Å²) in [6.45, 7) is 13.6. The predicted molar refractivity (Wildman–Crippen MR) is 178 cm³/mol. The number of hydrogen-bond acceptors (Lipinski definition) is 7. The summed E-state index contributed by atoms with van der Waals surface area (Å²) in [4.78, 5) is 44.4. The minimum Gasteiger partial charge on any atom is -0.339 e. The lowest BCUT2D eigenvalue weighted by Gasteiger charge is -2.34. The van der Waals surface area contributed by atoms with Crippen LogP contribution in [0.1, 0.15) is 75.3 Å². The summed E-state index contributed by atoms with van der Waals surface area (Å²) >= 11 is 0. The Morgan fingerprint density at radius 2 is 1.74 bits per heavy atom. The molecule has 3 amide bonds. The highest BCUT2D eigenvalue weighted by Gasteiger charge is 2.44. The maximum atomic E-state index is 15.7. The largest absolute Gasteiger partial charge is 0.364 e. The number of nitrogens with one attached hydrogen (secondary N) is 2. The number of hydrogen-bond donors (Lipinski definition) is 2. The molecule has 0 unspecified atom stereocenters. The van der Waals surface area contributed by atoms with E-state index in [-0.39, 0.29) is 23.3 Å². The molecule has 2 aliphatic rings. The Kier molecular flexibility index (Phi) is 11.9. The third kappa shape index (κ3) is 8.45. The van der Waals surface area contributed by atoms with Gasteiger partial charge in [-0.15, -0.1) is 3.98 Å². The lowest BCUT2D eigenvalue weighted by atomic mass is 9.79. The minimum atomic E-state index is -3.86. The first kappa shape index (κ1) is 36.2. The Bertz CT molecular complexity index is 1560. The number of benzene rings is 1. The molecule has 258 valence electrons. The van der Waals surface area contributed by atoms with Crippen LogP contribution in [-0.2, 0) is 26.2 Å². The Hall–Kier alpha value is -3.65. The van der Waals surface area contributed by atoms with Gasteiger partial charge in [-0.3, -0.25) is 19.1 Å². The molecule has 0 radical (unpaired) electrons. The van der Waals surface area contributed by atoms with E-state index >= 15 is 4.39 Å². The van der Waals surface area contributed by atoms with Crippen molar-refractivity contribution in [2.45, 2.75) is 77.9 Å². The van der Waals surface area contributed by atoms with Gasteiger partial charge in [0.2, 0.25) is 5.91 Å². The van der Waals surface area contributed by atoms with Gasteiger partial charge in [0.15, 0.2) is 0 Å². The first-order valence-corrected chi connectivity index (χ1v) is 18.1. The van der Waals surface area contributed by atoms with Crippen molar-refractivity contribution < 1.29 is 31.2 Å². The Morgan fingerprint density at radius 3 is 2.34 bits per heavy atom. The molecule has 12 nitrogen and oxygen atoms in total. The van der Waals surface area contributed by atoms with E-state index in [1.54, 1.807) is 28.6 Å². The van der Waals surface area contributed by atoms with Gasteiger partial charge < -0.3 is 20.4 Å². The monoisotopic (exact) mass is 674 g/mol. The average molecular weight is 675 g/mol. The number of sulfonamides is 1. The number of halogens is 1. The molecule has 1 aliphatic carbocycles. The zero-order valence-corrected chi connectivity index (χ0v) is 28.9. The average Bonchev–Trinajstić information content (AvgIpc) is 3.54. The highest BCUT2D eigenvalue weighted by Crippen LogP contribution is 2.32. The Morgan fingerprint density at radius 1 is 1.09 bits per heavy atom. The van der Waals surface area contributed by atoms with Crippen LogP contribution in [0.4, 0.5) is 10.1 Å². The van der Waals surface area contributed by atoms with Gasteiger partial charge in [-0.2, -0.15) is 13.5 Å². The molecule has 1 aromatic carbocycles. The highest BCUT2D eigenvalue weighted by molar-refractivity contribution is 7.85. The summed E-state index contributed by atoms with van der Waals surface area (Å²) in [5.74, 6) is -2.68. The Balaban J connectivity index is 1.57. The quantitative estimate of drug-likeness (QED) is 0.261. The molecule has 0 bridgehead atoms. The predicted octanol–water partition coefficient (Wildman–Crippen LogP) is 2.91. The molecule has 2 N–H and O–H groups in total. The van der Waals surface area contributed by atoms with Crippen LogP contribution in [0.25, 0.3) is 0 Å². The summed E-state index contributed by atoms with van der Waals surface area (Å²) in [5, 5.41) is 9.72. The number of likely N-dealkylation sites (N-methyl/N-ethyl adjacent to an activating group) is 1. The number of anilines is 1. The zero-order chi connectivity index (χ0) is 34.5. The van der Waals surface area contributed by atoms with Crippen LogP contribution in [0.15, 0.2) is 30.5 Å². The number of carbonyl (C=O) groups excluding carboxylic acids is 3. The van der Waals surface area contributed by atoms with Gasteiger partial charge in [0.1, 0.15) is 30.0 Å². The van der Waals surface area contributed by atoms with Crippen LogP contribution >= 0.6 is 0 Å². The van der Waals surface area contributed by atoms with Crippen molar-refractivity contribution in [1.82, 2.24) is 24.9 Å². The van der Waals surface area contributed by atoms with Crippen molar-refractivity contribution in [2.24, 2.45) is 11.8 Å². The van der Waals surface area contributed by atoms with Gasteiger partial charge in [0.05, 0.1) is 11.6 Å². The molecule has 1 saturated carbocycles. The summed E-state index contributed by atoms with van der Waals surface area (Å²) in [6.07, 6.45) is 4.86. The molecule has 2 fully saturated rings. The molecular weight excluding hydrogens is 625 g/mol. The van der Waals surface area contributed by atoms with E-state index in [9.17, 15) is 22.8 Å². The topological polar surface area (TPSA) is 137 Å². The van der Waals surface area contributed by atoms with Gasteiger partial charge in [-0.05, 0) is 69.3 Å². The molecule has 1 aliphatic heterocycles. The van der Waals surface area contributed by atoms with Crippen LogP contribution in [0.2, 0.25) is 0 Å². The molecule has 4 rings (SSSR count). The first-order valence-electron chi connectivity index (χ1n) is 16.5. The van der Waals surface area contributed by atoms with Crippen LogP contribution < -0.4 is 10.6 Å². The first-order chi connectivity index (χ1) is 22.3. The lowest BCUT2D eigenvalue weighted by Crippen LogP contribution is -2.54. The van der Waals surface area contributed by atoms with E-state index < -0.39 is 45.7 Å². The molecule has 1 aromatic heterocycles. The second-order valence-electron chi connectivity index (χ2n) is 12.9. The lowest BCUT2D eigenvalue weighted by molar-refractivity contribution is -0.398. The maximum Gasteiger partial charge on any atom is 0.364 e. The van der Waals surface area contributed by atoms with Crippen LogP contribution in [0.5, 0.6) is 0 Å². The third-order valence-corrected chi connectivity index (χ3v) is 11.4. The second kappa shape index (κ2) is 15.5. The number of rotatable bonds is 12. The van der Waals surface area contributed by atoms with Crippen molar-refractivity contribution in [2.75, 3.05) is 44.3 Å². The SMILES string of the molecule is C=[N+]([C@@H](C(=O)N1CCN(C)CC1)[C@@H](C)c1ccc(NC(=O)[C@@H](NC(=O)c2ccnn2CC)[C@H]2CC[C@H](C)CC2)c(F)c1)S(=O)(=O)CC. The van der Waals surface area contributed by atoms with Crippen LogP contribution in [0.3, 0.4) is 0 Å². The number of aromatic nitrogens is 2. The highest BCUT2D eigenvalue weighted by atomic mass is 32.2. The van der Waals surface area contributed by atoms with Gasteiger partial charge >= 0.3 is 10.0 Å². The van der Waals surface area contributed by atoms with Gasteiger partial charge in [0.25, 0.3) is 17.9 Å². The van der Waals surface area contributed by atoms with Crippen LogP contribution in [-0.4, -0.2) is 107 Å². The maximum absolute atomic E-state index is 15.7. The van der Waals surface area contributed by atoms with Gasteiger partial charge in [-0.25, -0.2) is 4.39 Å². The van der Waals surface area contributed by atoms with E-state index in [0.29, 0.717) is 49.9 Å². The summed E-state index contributed by atoms with van der Waals surface area (Å²) in [7, 11) is -1.91. The number of carbonyl (C=O) groups is 3. The fourth-order valence-corrected chi connectivity index (χ4v) is 7.41. The fourth-order valence-electron chi connectivity index (χ4n) is 6.46. The van der Waals surface area contributed by atoms with Crippen molar-refractivity contribution >= 4 is 40.1 Å². The molecule has 2 heterocycles. The number of aryl methyl sites for hydroxylation is 1. The second-order valence-corrected chi connectivity index (χ2v) is 15.1. The van der Waals surface area contributed by atoms with E-state index in [1.165, 1.54) is 25.3 Å². The van der Waals surface area contributed by atoms with E-state index in [1.807, 2.05) is 14.0 Å². The fraction of sp³-hybridized carbons (Fsp3) is 0.606. The molecule has 3 atom stereocenters.